The number of fused-ring (bicyclic) bond motifs is 1. The standard InChI is InChI=1S/C21H15N3O4/c1-26-17-5-2-13(3-6-17)20-16(11-23-24-20)8-15(10-22)21(25)14-4-7-18-19(9-14)28-12-27-18/h2-9,11H,12H2,1H3,(H,23,24)/b15-8-. The van der Waals surface area contributed by atoms with Gasteiger partial charge in [0.15, 0.2) is 11.5 Å². The number of hydrogen-bond acceptors (Lipinski definition) is 6. The first-order valence-corrected chi connectivity index (χ1v) is 8.43. The number of hydrogen-bond donors (Lipinski definition) is 1. The molecule has 0 saturated carbocycles. The monoisotopic (exact) mass is 373 g/mol. The zero-order valence-electron chi connectivity index (χ0n) is 14.9. The minimum Gasteiger partial charge on any atom is -0.497 e. The van der Waals surface area contributed by atoms with Crippen molar-refractivity contribution >= 4 is 11.9 Å². The van der Waals surface area contributed by atoms with Crippen LogP contribution in [0.5, 0.6) is 17.2 Å². The molecule has 7 heteroatoms. The number of ether oxygens (including phenoxy) is 3. The maximum absolute atomic E-state index is 12.8. The summed E-state index contributed by atoms with van der Waals surface area (Å²) in [5.74, 6) is 1.40. The van der Waals surface area contributed by atoms with Gasteiger partial charge in [0.1, 0.15) is 17.4 Å². The third-order valence-electron chi connectivity index (χ3n) is 4.35. The topological polar surface area (TPSA) is 97.2 Å². The predicted molar refractivity (Wildman–Crippen MR) is 101 cm³/mol. The van der Waals surface area contributed by atoms with Gasteiger partial charge in [0, 0.05) is 16.7 Å². The lowest BCUT2D eigenvalue weighted by Gasteiger charge is -2.04. The zero-order valence-corrected chi connectivity index (χ0v) is 14.9. The van der Waals surface area contributed by atoms with E-state index in [1.54, 1.807) is 31.5 Å². The van der Waals surface area contributed by atoms with Crippen molar-refractivity contribution < 1.29 is 19.0 Å². The molecule has 7 nitrogen and oxygen atoms in total. The molecule has 3 aromatic rings. The third-order valence-corrected chi connectivity index (χ3v) is 4.35. The quantitative estimate of drug-likeness (QED) is 0.417. The van der Waals surface area contributed by atoms with E-state index in [0.717, 1.165) is 11.3 Å². The largest absolute Gasteiger partial charge is 0.497 e. The van der Waals surface area contributed by atoms with E-state index in [4.69, 9.17) is 14.2 Å². The van der Waals surface area contributed by atoms with Gasteiger partial charge in [-0.1, -0.05) is 0 Å². The SMILES string of the molecule is COc1ccc(-c2[nH]ncc2/C=C(/C#N)C(=O)c2ccc3c(c2)OCO3)cc1. The highest BCUT2D eigenvalue weighted by molar-refractivity contribution is 6.14. The fourth-order valence-electron chi connectivity index (χ4n) is 2.89. The maximum Gasteiger partial charge on any atom is 0.231 e. The van der Waals surface area contributed by atoms with E-state index in [0.29, 0.717) is 28.3 Å². The Bertz CT molecular complexity index is 1110. The number of benzene rings is 2. The predicted octanol–water partition coefficient (Wildman–Crippen LogP) is 3.60. The van der Waals surface area contributed by atoms with E-state index in [2.05, 4.69) is 10.2 Å². The van der Waals surface area contributed by atoms with Crippen LogP contribution >= 0.6 is 0 Å². The van der Waals surface area contributed by atoms with Gasteiger partial charge in [0.2, 0.25) is 12.6 Å². The summed E-state index contributed by atoms with van der Waals surface area (Å²) in [6.07, 6.45) is 3.10. The molecule has 4 rings (SSSR count). The molecule has 0 fully saturated rings. The van der Waals surface area contributed by atoms with Crippen LogP contribution < -0.4 is 14.2 Å². The van der Waals surface area contributed by atoms with Crippen LogP contribution in [-0.4, -0.2) is 29.9 Å². The molecule has 0 spiro atoms. The molecular weight excluding hydrogens is 358 g/mol. The van der Waals surface area contributed by atoms with E-state index >= 15 is 0 Å². The fraction of sp³-hybridized carbons (Fsp3) is 0.0952. The van der Waals surface area contributed by atoms with E-state index in [-0.39, 0.29) is 12.4 Å². The number of nitrogens with zero attached hydrogens (tertiary/aromatic N) is 2. The van der Waals surface area contributed by atoms with Crippen molar-refractivity contribution in [2.24, 2.45) is 0 Å². The van der Waals surface area contributed by atoms with Crippen LogP contribution in [0.4, 0.5) is 0 Å². The number of aromatic amines is 1. The summed E-state index contributed by atoms with van der Waals surface area (Å²) in [5.41, 5.74) is 2.55. The van der Waals surface area contributed by atoms with Crippen molar-refractivity contribution in [1.29, 1.82) is 5.26 Å². The molecule has 0 radical (unpaired) electrons. The average Bonchev–Trinajstić information content (AvgIpc) is 3.40. The Kier molecular flexibility index (Phi) is 4.52. The smallest absolute Gasteiger partial charge is 0.231 e. The number of methoxy groups -OCH3 is 1. The van der Waals surface area contributed by atoms with Crippen LogP contribution in [0.3, 0.4) is 0 Å². The van der Waals surface area contributed by atoms with Gasteiger partial charge < -0.3 is 14.2 Å². The number of aromatic nitrogens is 2. The molecule has 0 saturated heterocycles. The first-order chi connectivity index (χ1) is 13.7. The number of nitriles is 1. The van der Waals surface area contributed by atoms with Gasteiger partial charge in [0.25, 0.3) is 0 Å². The number of ketones is 1. The Hall–Kier alpha value is -4.05. The highest BCUT2D eigenvalue weighted by atomic mass is 16.7. The minimum atomic E-state index is -0.400. The van der Waals surface area contributed by atoms with Gasteiger partial charge in [-0.05, 0) is 48.5 Å². The van der Waals surface area contributed by atoms with Crippen LogP contribution in [-0.2, 0) is 0 Å². The van der Waals surface area contributed by atoms with Crippen molar-refractivity contribution in [1.82, 2.24) is 10.2 Å². The third kappa shape index (κ3) is 3.19. The molecule has 0 amide bonds. The second-order valence-electron chi connectivity index (χ2n) is 6.00. The maximum atomic E-state index is 12.8. The van der Waals surface area contributed by atoms with E-state index < -0.39 is 5.78 Å². The Labute approximate surface area is 160 Å². The molecule has 1 N–H and O–H groups in total. The van der Waals surface area contributed by atoms with Crippen LogP contribution in [0, 0.1) is 11.3 Å². The lowest BCUT2D eigenvalue weighted by Crippen LogP contribution is -2.02. The summed E-state index contributed by atoms with van der Waals surface area (Å²) in [5, 5.41) is 16.5. The van der Waals surface area contributed by atoms with Crippen molar-refractivity contribution in [3.8, 4) is 34.6 Å². The number of carbonyl (C=O) groups excluding carboxylic acids is 1. The molecule has 2 heterocycles. The minimum absolute atomic E-state index is 0.00460. The van der Waals surface area contributed by atoms with Crippen molar-refractivity contribution in [2.45, 2.75) is 0 Å². The van der Waals surface area contributed by atoms with Crippen molar-refractivity contribution in [2.75, 3.05) is 13.9 Å². The molecule has 0 bridgehead atoms. The summed E-state index contributed by atoms with van der Waals surface area (Å²) in [7, 11) is 1.60. The number of carbonyl (C=O) groups is 1. The molecule has 0 unspecified atom stereocenters. The van der Waals surface area contributed by atoms with E-state index in [9.17, 15) is 10.1 Å². The number of rotatable bonds is 5. The second kappa shape index (κ2) is 7.29. The van der Waals surface area contributed by atoms with Gasteiger partial charge in [0.05, 0.1) is 19.0 Å². The normalized spacial score (nSPS) is 12.5. The Balaban J connectivity index is 1.66. The van der Waals surface area contributed by atoms with Crippen LogP contribution in [0.15, 0.2) is 54.2 Å². The molecule has 138 valence electrons. The molecular formula is C21H15N3O4. The van der Waals surface area contributed by atoms with E-state index in [1.807, 2.05) is 30.3 Å². The molecule has 1 aliphatic rings. The fourth-order valence-corrected chi connectivity index (χ4v) is 2.89. The highest BCUT2D eigenvalue weighted by Crippen LogP contribution is 2.33. The summed E-state index contributed by atoms with van der Waals surface area (Å²) in [6, 6.07) is 14.2. The molecule has 28 heavy (non-hydrogen) atoms. The number of nitrogens with one attached hydrogen (secondary N) is 1. The molecule has 1 aliphatic heterocycles. The van der Waals surface area contributed by atoms with Gasteiger partial charge in [-0.2, -0.15) is 10.4 Å². The Morgan fingerprint density at radius 1 is 1.21 bits per heavy atom. The van der Waals surface area contributed by atoms with Crippen LogP contribution in [0.1, 0.15) is 15.9 Å². The summed E-state index contributed by atoms with van der Waals surface area (Å²) in [4.78, 5) is 12.8. The summed E-state index contributed by atoms with van der Waals surface area (Å²) >= 11 is 0. The van der Waals surface area contributed by atoms with Crippen molar-refractivity contribution in [3.05, 3.63) is 65.4 Å². The van der Waals surface area contributed by atoms with Crippen molar-refractivity contribution in [3.63, 3.8) is 0 Å². The van der Waals surface area contributed by atoms with Gasteiger partial charge in [-0.15, -0.1) is 0 Å². The van der Waals surface area contributed by atoms with Gasteiger partial charge in [-0.3, -0.25) is 9.89 Å². The molecule has 0 aliphatic carbocycles. The Morgan fingerprint density at radius 3 is 2.75 bits per heavy atom. The van der Waals surface area contributed by atoms with Crippen LogP contribution in [0.2, 0.25) is 0 Å². The Morgan fingerprint density at radius 2 is 2.00 bits per heavy atom. The van der Waals surface area contributed by atoms with Crippen LogP contribution in [0.25, 0.3) is 17.3 Å². The zero-order chi connectivity index (χ0) is 19.5. The lowest BCUT2D eigenvalue weighted by atomic mass is 10.0. The number of H-pyrrole nitrogens is 1. The number of allylic oxidation sites excluding steroid dienone is 1. The van der Waals surface area contributed by atoms with Gasteiger partial charge >= 0.3 is 0 Å². The molecule has 2 aromatic carbocycles. The lowest BCUT2D eigenvalue weighted by molar-refractivity contribution is 0.103. The number of Topliss-reactive ketones (excluding diaryl/α,β-unsaturated/α-hetero) is 1. The average molecular weight is 373 g/mol. The summed E-state index contributed by atoms with van der Waals surface area (Å²) < 4.78 is 15.7. The first-order valence-electron chi connectivity index (χ1n) is 8.43. The molecule has 0 atom stereocenters. The highest BCUT2D eigenvalue weighted by Gasteiger charge is 2.19. The summed E-state index contributed by atoms with van der Waals surface area (Å²) in [6.45, 7) is 0.119. The van der Waals surface area contributed by atoms with E-state index in [1.165, 1.54) is 6.08 Å². The second-order valence-corrected chi connectivity index (χ2v) is 6.00. The first kappa shape index (κ1) is 17.4. The molecule has 1 aromatic heterocycles. The van der Waals surface area contributed by atoms with Gasteiger partial charge in [-0.25, -0.2) is 0 Å².